The Morgan fingerprint density at radius 1 is 1.18 bits per heavy atom. The first-order chi connectivity index (χ1) is 21.1. The van der Waals surface area contributed by atoms with Crippen LogP contribution in [0.3, 0.4) is 0 Å². The van der Waals surface area contributed by atoms with E-state index in [1.165, 1.54) is 29.2 Å². The third kappa shape index (κ3) is 6.50. The Bertz CT molecular complexity index is 1720. The van der Waals surface area contributed by atoms with Gasteiger partial charge in [-0.3, -0.25) is 18.7 Å². The molecule has 2 atom stereocenters. The molecule has 3 heterocycles. The number of anilines is 2. The van der Waals surface area contributed by atoms with Gasteiger partial charge in [-0.2, -0.15) is 23.5 Å². The smallest absolute Gasteiger partial charge is 0.354 e. The number of nitrogens with two attached hydrogens (primary N) is 1. The van der Waals surface area contributed by atoms with Crippen molar-refractivity contribution in [3.63, 3.8) is 0 Å². The second kappa shape index (κ2) is 12.7. The van der Waals surface area contributed by atoms with Gasteiger partial charge in [0.05, 0.1) is 23.5 Å². The molecule has 0 radical (unpaired) electrons. The van der Waals surface area contributed by atoms with Gasteiger partial charge in [0.2, 0.25) is 5.91 Å². The molecule has 1 aliphatic carbocycles. The Morgan fingerprint density at radius 2 is 1.98 bits per heavy atom. The zero-order valence-corrected chi connectivity index (χ0v) is 23.9. The highest BCUT2D eigenvalue weighted by molar-refractivity contribution is 5.96. The maximum absolute atomic E-state index is 13.7. The number of amides is 2. The molecular weight excluding hydrogens is 577 g/mol. The molecular formula is C29H31F3N10O2. The van der Waals surface area contributed by atoms with Crippen LogP contribution in [-0.2, 0) is 23.9 Å². The van der Waals surface area contributed by atoms with Crippen molar-refractivity contribution >= 4 is 29.0 Å². The molecule has 230 valence electrons. The highest BCUT2D eigenvalue weighted by Gasteiger charge is 2.38. The molecule has 0 spiro atoms. The van der Waals surface area contributed by atoms with E-state index in [1.54, 1.807) is 24.3 Å². The Morgan fingerprint density at radius 3 is 2.68 bits per heavy atom. The Labute approximate surface area is 250 Å². The second-order valence-corrected chi connectivity index (χ2v) is 10.5. The van der Waals surface area contributed by atoms with Crippen LogP contribution in [0.5, 0.6) is 0 Å². The summed E-state index contributed by atoms with van der Waals surface area (Å²) >= 11 is 0. The van der Waals surface area contributed by atoms with Crippen molar-refractivity contribution in [3.05, 3.63) is 59.8 Å². The maximum Gasteiger partial charge on any atom is 0.435 e. The first-order valence-corrected chi connectivity index (χ1v) is 14.1. The minimum atomic E-state index is -4.74. The summed E-state index contributed by atoms with van der Waals surface area (Å²) in [7, 11) is 0. The van der Waals surface area contributed by atoms with Gasteiger partial charge in [0, 0.05) is 54.9 Å². The monoisotopic (exact) mass is 608 g/mol. The predicted octanol–water partition coefficient (Wildman–Crippen LogP) is 3.41. The Kier molecular flexibility index (Phi) is 8.81. The third-order valence-electron chi connectivity index (χ3n) is 7.51. The number of rotatable bonds is 10. The average Bonchev–Trinajstić information content (AvgIpc) is 3.73. The fraction of sp³-hybridized carbons (Fsp3) is 0.379. The number of benzene rings is 1. The Hall–Kier alpha value is -4.97. The molecule has 4 aromatic rings. The van der Waals surface area contributed by atoms with Crippen molar-refractivity contribution in [2.24, 2.45) is 11.7 Å². The van der Waals surface area contributed by atoms with Crippen LogP contribution in [0.4, 0.5) is 24.7 Å². The lowest BCUT2D eigenvalue weighted by molar-refractivity contribution is -0.141. The van der Waals surface area contributed by atoms with Crippen molar-refractivity contribution in [1.29, 1.82) is 5.26 Å². The number of imidazole rings is 1. The lowest BCUT2D eigenvalue weighted by atomic mass is 10.0. The minimum Gasteiger partial charge on any atom is -0.354 e. The van der Waals surface area contributed by atoms with Crippen LogP contribution in [0.15, 0.2) is 43.0 Å². The van der Waals surface area contributed by atoms with E-state index in [0.717, 1.165) is 23.1 Å². The summed E-state index contributed by atoms with van der Waals surface area (Å²) in [5.74, 6) is -0.108. The first-order valence-electron chi connectivity index (χ1n) is 14.1. The van der Waals surface area contributed by atoms with Crippen molar-refractivity contribution in [2.45, 2.75) is 51.4 Å². The molecule has 1 aliphatic rings. The van der Waals surface area contributed by atoms with E-state index < -0.39 is 11.9 Å². The summed E-state index contributed by atoms with van der Waals surface area (Å²) in [6.45, 7) is 2.15. The van der Waals surface area contributed by atoms with Crippen LogP contribution in [0.1, 0.15) is 47.8 Å². The predicted molar refractivity (Wildman–Crippen MR) is 155 cm³/mol. The molecule has 0 saturated heterocycles. The van der Waals surface area contributed by atoms with E-state index in [2.05, 4.69) is 31.0 Å². The van der Waals surface area contributed by atoms with Crippen LogP contribution in [-0.4, -0.2) is 55.1 Å². The quantitative estimate of drug-likeness (QED) is 0.199. The van der Waals surface area contributed by atoms with Crippen molar-refractivity contribution in [2.75, 3.05) is 18.4 Å². The van der Waals surface area contributed by atoms with Crippen LogP contribution in [0.2, 0.25) is 0 Å². The highest BCUT2D eigenvalue weighted by Crippen LogP contribution is 2.37. The second-order valence-electron chi connectivity index (χ2n) is 10.5. The van der Waals surface area contributed by atoms with Gasteiger partial charge in [0.15, 0.2) is 17.2 Å². The lowest BCUT2D eigenvalue weighted by Gasteiger charge is -2.14. The highest BCUT2D eigenvalue weighted by atomic mass is 19.4. The molecule has 1 fully saturated rings. The summed E-state index contributed by atoms with van der Waals surface area (Å²) in [4.78, 5) is 33.8. The number of carbonyl (C=O) groups is 2. The number of alkyl halides is 3. The summed E-state index contributed by atoms with van der Waals surface area (Å²) in [6.07, 6.45) is 3.48. The number of nitriles is 1. The van der Waals surface area contributed by atoms with E-state index >= 15 is 0 Å². The largest absolute Gasteiger partial charge is 0.435 e. The van der Waals surface area contributed by atoms with Crippen LogP contribution in [0, 0.1) is 17.2 Å². The van der Waals surface area contributed by atoms with Gasteiger partial charge in [0.25, 0.3) is 5.91 Å². The minimum absolute atomic E-state index is 0.0417. The van der Waals surface area contributed by atoms with E-state index in [1.807, 2.05) is 6.92 Å². The number of nitrogens with one attached hydrogen (secondary N) is 3. The summed E-state index contributed by atoms with van der Waals surface area (Å²) in [6, 6.07) is 7.02. The number of carbonyl (C=O) groups excluding carboxylic acids is 2. The molecule has 12 nitrogen and oxygen atoms in total. The number of aryl methyl sites for hydroxylation is 1. The van der Waals surface area contributed by atoms with Crippen LogP contribution >= 0.6 is 0 Å². The van der Waals surface area contributed by atoms with Crippen LogP contribution < -0.4 is 21.7 Å². The van der Waals surface area contributed by atoms with E-state index in [-0.39, 0.29) is 59.6 Å². The number of aromatic nitrogens is 5. The molecule has 2 amide bonds. The topological polar surface area (TPSA) is 168 Å². The van der Waals surface area contributed by atoms with Gasteiger partial charge in [-0.1, -0.05) is 6.92 Å². The molecule has 1 saturated carbocycles. The fourth-order valence-electron chi connectivity index (χ4n) is 5.36. The zero-order chi connectivity index (χ0) is 31.4. The third-order valence-corrected chi connectivity index (χ3v) is 7.51. The van der Waals surface area contributed by atoms with E-state index in [9.17, 15) is 22.8 Å². The number of halogens is 3. The van der Waals surface area contributed by atoms with Gasteiger partial charge in [0.1, 0.15) is 6.54 Å². The number of hydrogen-bond donors (Lipinski definition) is 4. The van der Waals surface area contributed by atoms with Gasteiger partial charge >= 0.3 is 6.18 Å². The average molecular weight is 609 g/mol. The molecule has 0 aliphatic heterocycles. The summed E-state index contributed by atoms with van der Waals surface area (Å²) < 4.78 is 43.6. The van der Waals surface area contributed by atoms with Gasteiger partial charge in [-0.25, -0.2) is 9.97 Å². The molecule has 44 heavy (non-hydrogen) atoms. The zero-order valence-electron chi connectivity index (χ0n) is 23.9. The van der Waals surface area contributed by atoms with E-state index in [0.29, 0.717) is 30.6 Å². The maximum atomic E-state index is 13.7. The van der Waals surface area contributed by atoms with Crippen LogP contribution in [0.25, 0.3) is 16.9 Å². The summed E-state index contributed by atoms with van der Waals surface area (Å²) in [5, 5.41) is 21.3. The van der Waals surface area contributed by atoms with Gasteiger partial charge < -0.3 is 21.7 Å². The molecule has 5 N–H and O–H groups in total. The van der Waals surface area contributed by atoms with E-state index in [4.69, 9.17) is 11.0 Å². The molecule has 1 aromatic carbocycles. The number of hydrogen-bond acceptors (Lipinski definition) is 8. The lowest BCUT2D eigenvalue weighted by Crippen LogP contribution is -2.37. The molecule has 15 heteroatoms. The number of fused-ring (bicyclic) bond motifs is 1. The van der Waals surface area contributed by atoms with Crippen molar-refractivity contribution in [3.8, 4) is 17.3 Å². The van der Waals surface area contributed by atoms with Crippen molar-refractivity contribution < 1.29 is 22.8 Å². The Balaban J connectivity index is 1.29. The normalized spacial score (nSPS) is 16.5. The molecule has 0 unspecified atom stereocenters. The summed E-state index contributed by atoms with van der Waals surface area (Å²) in [5.41, 5.74) is 6.78. The molecule has 3 aromatic heterocycles. The number of nitrogens with zero attached hydrogens (tertiary/aromatic N) is 6. The van der Waals surface area contributed by atoms with Gasteiger partial charge in [-0.15, -0.1) is 0 Å². The SMILES string of the molecule is CCc1cc(Nc2nccn3c(-c4cn(CC#N)nc4C(F)(F)F)cnc23)ccc1C(=O)NCCNC(=O)[C@H]1CC[C@H](N)C1. The first kappa shape index (κ1) is 30.5. The van der Waals surface area contributed by atoms with Crippen molar-refractivity contribution in [1.82, 2.24) is 34.8 Å². The standard InChI is InChI=1S/C29H31F3N10O2/c1-2-17-14-20(5-6-21(17)28(44)37-9-8-36-27(43)18-3-4-19(34)13-18)39-25-26-38-15-23(42(26)12-10-35-25)22-16-41(11-7-33)40-24(22)29(30,31)32/h5-6,10,12,14-16,18-19H,2-4,8-9,11,13,34H2,1H3,(H,35,39)(H,36,43)(H,37,44)/t18-,19-/m0/s1. The molecule has 5 rings (SSSR count). The fourth-order valence-corrected chi connectivity index (χ4v) is 5.36. The molecule has 0 bridgehead atoms. The van der Waals surface area contributed by atoms with Gasteiger partial charge in [-0.05, 0) is 49.4 Å².